The largest absolute Gasteiger partial charge is 0.481 e. The normalized spacial score (nSPS) is 13.9. The number of carbonyl (C=O) groups excluding carboxylic acids is 2. The lowest BCUT2D eigenvalue weighted by molar-refractivity contribution is -0.137. The Bertz CT molecular complexity index is 621. The van der Waals surface area contributed by atoms with Crippen molar-refractivity contribution in [2.45, 2.75) is 45.1 Å². The van der Waals surface area contributed by atoms with Crippen molar-refractivity contribution in [2.75, 3.05) is 10.6 Å². The van der Waals surface area contributed by atoms with Crippen LogP contribution in [0.15, 0.2) is 24.3 Å². The molecule has 2 rings (SSSR count). The summed E-state index contributed by atoms with van der Waals surface area (Å²) in [5.74, 6) is -0.718. The third kappa shape index (κ3) is 5.91. The van der Waals surface area contributed by atoms with Crippen LogP contribution in [0, 0.1) is 5.92 Å². The van der Waals surface area contributed by atoms with Crippen LogP contribution in [0.4, 0.5) is 16.2 Å². The van der Waals surface area contributed by atoms with Crippen LogP contribution in [0.2, 0.25) is 0 Å². The van der Waals surface area contributed by atoms with Crippen molar-refractivity contribution in [3.8, 4) is 0 Å². The molecular weight excluding hydrogens is 310 g/mol. The molecule has 24 heavy (non-hydrogen) atoms. The Morgan fingerprint density at radius 2 is 1.62 bits per heavy atom. The van der Waals surface area contributed by atoms with Gasteiger partial charge in [-0.3, -0.25) is 9.59 Å². The highest BCUT2D eigenvalue weighted by molar-refractivity contribution is 5.94. The lowest BCUT2D eigenvalue weighted by Crippen LogP contribution is -2.45. The van der Waals surface area contributed by atoms with Crippen molar-refractivity contribution in [1.82, 2.24) is 5.32 Å². The van der Waals surface area contributed by atoms with Gasteiger partial charge in [0.05, 0.1) is 0 Å². The van der Waals surface area contributed by atoms with Gasteiger partial charge in [0, 0.05) is 29.3 Å². The van der Waals surface area contributed by atoms with Crippen molar-refractivity contribution in [3.05, 3.63) is 24.3 Å². The first-order chi connectivity index (χ1) is 11.2. The molecule has 0 aromatic heterocycles. The molecule has 1 aromatic carbocycles. The first kappa shape index (κ1) is 17.8. The van der Waals surface area contributed by atoms with E-state index in [2.05, 4.69) is 16.0 Å². The quantitative estimate of drug-likeness (QED) is 0.615. The number of benzene rings is 1. The van der Waals surface area contributed by atoms with E-state index in [-0.39, 0.29) is 18.2 Å². The van der Waals surface area contributed by atoms with E-state index in [9.17, 15) is 14.4 Å². The summed E-state index contributed by atoms with van der Waals surface area (Å²) in [7, 11) is 0. The summed E-state index contributed by atoms with van der Waals surface area (Å²) in [4.78, 5) is 34.3. The molecule has 0 unspecified atom stereocenters. The van der Waals surface area contributed by atoms with Crippen LogP contribution in [-0.2, 0) is 9.59 Å². The van der Waals surface area contributed by atoms with Crippen molar-refractivity contribution in [2.24, 2.45) is 5.92 Å². The van der Waals surface area contributed by atoms with Gasteiger partial charge >= 0.3 is 12.0 Å². The number of hydrogen-bond acceptors (Lipinski definition) is 3. The lowest BCUT2D eigenvalue weighted by atomic mass is 9.99. The fourth-order valence-corrected chi connectivity index (χ4v) is 2.18. The van der Waals surface area contributed by atoms with Gasteiger partial charge in [-0.25, -0.2) is 4.79 Å². The molecule has 0 aliphatic heterocycles. The van der Waals surface area contributed by atoms with Gasteiger partial charge in [-0.2, -0.15) is 0 Å². The van der Waals surface area contributed by atoms with Crippen molar-refractivity contribution < 1.29 is 19.5 Å². The zero-order valence-electron chi connectivity index (χ0n) is 13.9. The minimum absolute atomic E-state index is 0.0112. The van der Waals surface area contributed by atoms with Crippen LogP contribution in [0.3, 0.4) is 0 Å². The summed E-state index contributed by atoms with van der Waals surface area (Å²) in [6.07, 6.45) is 2.22. The van der Waals surface area contributed by atoms with Crippen molar-refractivity contribution >= 4 is 29.3 Å². The molecule has 1 aromatic rings. The maximum Gasteiger partial charge on any atom is 0.319 e. The minimum atomic E-state index is -0.894. The maximum absolute atomic E-state index is 12.0. The van der Waals surface area contributed by atoms with Gasteiger partial charge < -0.3 is 21.1 Å². The number of carbonyl (C=O) groups is 3. The third-order valence-electron chi connectivity index (χ3n) is 3.77. The van der Waals surface area contributed by atoms with Crippen LogP contribution in [0.5, 0.6) is 0 Å². The number of amides is 3. The number of carboxylic acid groups (broad SMARTS) is 1. The summed E-state index contributed by atoms with van der Waals surface area (Å²) in [5, 5.41) is 17.0. The Kier molecular flexibility index (Phi) is 5.43. The Labute approximate surface area is 140 Å². The van der Waals surface area contributed by atoms with Crippen LogP contribution in [0.25, 0.3) is 0 Å². The molecule has 0 saturated heterocycles. The van der Waals surface area contributed by atoms with Gasteiger partial charge in [0.2, 0.25) is 5.91 Å². The highest BCUT2D eigenvalue weighted by Crippen LogP contribution is 2.30. The lowest BCUT2D eigenvalue weighted by Gasteiger charge is -2.25. The fraction of sp³-hybridized carbons (Fsp3) is 0.471. The average Bonchev–Trinajstić information content (AvgIpc) is 3.31. The number of hydrogen-bond donors (Lipinski definition) is 4. The summed E-state index contributed by atoms with van der Waals surface area (Å²) in [6, 6.07) is 6.45. The Balaban J connectivity index is 1.82. The standard InChI is InChI=1S/C17H23N3O4/c1-17(2,10-9-14(21)22)20-16(24)19-13-7-5-12(6-8-13)18-15(23)11-3-4-11/h5-8,11H,3-4,9-10H2,1-2H3,(H,18,23)(H,21,22)(H2,19,20,24). The second kappa shape index (κ2) is 7.33. The molecule has 0 atom stereocenters. The molecule has 1 saturated carbocycles. The zero-order chi connectivity index (χ0) is 17.7. The smallest absolute Gasteiger partial charge is 0.319 e. The van der Waals surface area contributed by atoms with Crippen LogP contribution in [-0.4, -0.2) is 28.6 Å². The molecule has 7 heteroatoms. The van der Waals surface area contributed by atoms with E-state index in [1.54, 1.807) is 38.1 Å². The van der Waals surface area contributed by atoms with Gasteiger partial charge in [0.1, 0.15) is 0 Å². The van der Waals surface area contributed by atoms with Crippen molar-refractivity contribution in [3.63, 3.8) is 0 Å². The number of nitrogens with one attached hydrogen (secondary N) is 3. The number of aliphatic carboxylic acids is 1. The van der Waals surface area contributed by atoms with Gasteiger partial charge in [0.25, 0.3) is 0 Å². The van der Waals surface area contributed by atoms with E-state index >= 15 is 0 Å². The first-order valence-corrected chi connectivity index (χ1v) is 7.97. The summed E-state index contributed by atoms with van der Waals surface area (Å²) in [5.41, 5.74) is 0.659. The summed E-state index contributed by atoms with van der Waals surface area (Å²) >= 11 is 0. The van der Waals surface area contributed by atoms with Crippen LogP contribution < -0.4 is 16.0 Å². The van der Waals surface area contributed by atoms with Gasteiger partial charge in [-0.15, -0.1) is 0 Å². The highest BCUT2D eigenvalue weighted by Gasteiger charge is 2.29. The number of anilines is 2. The SMILES string of the molecule is CC(C)(CCC(=O)O)NC(=O)Nc1ccc(NC(=O)C2CC2)cc1. The minimum Gasteiger partial charge on any atom is -0.481 e. The maximum atomic E-state index is 12.0. The fourth-order valence-electron chi connectivity index (χ4n) is 2.18. The van der Waals surface area contributed by atoms with E-state index in [0.29, 0.717) is 17.8 Å². The van der Waals surface area contributed by atoms with Gasteiger partial charge in [0.15, 0.2) is 0 Å². The van der Waals surface area contributed by atoms with E-state index in [4.69, 9.17) is 5.11 Å². The second-order valence-electron chi connectivity index (χ2n) is 6.70. The van der Waals surface area contributed by atoms with Gasteiger partial charge in [-0.05, 0) is 57.4 Å². The first-order valence-electron chi connectivity index (χ1n) is 7.97. The molecule has 0 heterocycles. The molecular formula is C17H23N3O4. The van der Waals surface area contributed by atoms with E-state index in [0.717, 1.165) is 12.8 Å². The molecule has 1 aliphatic rings. The monoisotopic (exact) mass is 333 g/mol. The topological polar surface area (TPSA) is 108 Å². The number of carboxylic acids is 1. The molecule has 3 amide bonds. The molecule has 0 bridgehead atoms. The van der Waals surface area contributed by atoms with Crippen molar-refractivity contribution in [1.29, 1.82) is 0 Å². The van der Waals surface area contributed by atoms with Crippen LogP contribution >= 0.6 is 0 Å². The predicted octanol–water partition coefficient (Wildman–Crippen LogP) is 2.80. The molecule has 4 N–H and O–H groups in total. The number of rotatable bonds is 7. The van der Waals surface area contributed by atoms with E-state index in [1.165, 1.54) is 0 Å². The molecule has 7 nitrogen and oxygen atoms in total. The Hall–Kier alpha value is -2.57. The number of urea groups is 1. The molecule has 0 radical (unpaired) electrons. The summed E-state index contributed by atoms with van der Waals surface area (Å²) in [6.45, 7) is 3.54. The Morgan fingerprint density at radius 1 is 1.08 bits per heavy atom. The van der Waals surface area contributed by atoms with Crippen LogP contribution in [0.1, 0.15) is 39.5 Å². The molecule has 130 valence electrons. The zero-order valence-corrected chi connectivity index (χ0v) is 13.9. The molecule has 0 spiro atoms. The summed E-state index contributed by atoms with van der Waals surface area (Å²) < 4.78 is 0. The van der Waals surface area contributed by atoms with Gasteiger partial charge in [-0.1, -0.05) is 0 Å². The highest BCUT2D eigenvalue weighted by atomic mass is 16.4. The van der Waals surface area contributed by atoms with E-state index in [1.807, 2.05) is 0 Å². The van der Waals surface area contributed by atoms with E-state index < -0.39 is 17.5 Å². The molecule has 1 aliphatic carbocycles. The second-order valence-corrected chi connectivity index (χ2v) is 6.70. The average molecular weight is 333 g/mol. The Morgan fingerprint density at radius 3 is 2.12 bits per heavy atom. The molecule has 1 fully saturated rings. The predicted molar refractivity (Wildman–Crippen MR) is 90.9 cm³/mol. The third-order valence-corrected chi connectivity index (χ3v) is 3.77.